The minimum Gasteiger partial charge on any atom is -0.357 e. The topological polar surface area (TPSA) is 86.8 Å². The molecule has 3 aromatic carbocycles. The Morgan fingerprint density at radius 3 is 2.19 bits per heavy atom. The van der Waals surface area contributed by atoms with Crippen LogP contribution in [-0.2, 0) is 26.2 Å². The second kappa shape index (κ2) is 11.7. The van der Waals surface area contributed by atoms with Gasteiger partial charge < -0.3 is 10.2 Å². The lowest BCUT2D eigenvalue weighted by Gasteiger charge is -2.32. The molecule has 9 heteroatoms. The summed E-state index contributed by atoms with van der Waals surface area (Å²) >= 11 is 3.40. The summed E-state index contributed by atoms with van der Waals surface area (Å²) in [4.78, 5) is 27.8. The zero-order valence-electron chi connectivity index (χ0n) is 20.7. The van der Waals surface area contributed by atoms with Crippen LogP contribution in [0.4, 0.5) is 5.69 Å². The van der Waals surface area contributed by atoms with Crippen LogP contribution in [0.3, 0.4) is 0 Å². The first-order valence-electron chi connectivity index (χ1n) is 11.5. The number of carbonyl (C=O) groups excluding carboxylic acids is 2. The molecule has 3 aromatic rings. The fourth-order valence-corrected chi connectivity index (χ4v) is 5.57. The Kier molecular flexibility index (Phi) is 8.92. The lowest BCUT2D eigenvalue weighted by Crippen LogP contribution is -2.50. The predicted octanol–water partition coefficient (Wildman–Crippen LogP) is 4.42. The van der Waals surface area contributed by atoms with Crippen LogP contribution in [0.1, 0.15) is 23.6 Å². The molecular formula is C27H30BrN3O4S. The zero-order chi connectivity index (χ0) is 26.5. The van der Waals surface area contributed by atoms with Crippen LogP contribution in [-0.4, -0.2) is 44.8 Å². The van der Waals surface area contributed by atoms with Crippen LogP contribution in [0.15, 0.2) is 82.2 Å². The molecule has 36 heavy (non-hydrogen) atoms. The first-order chi connectivity index (χ1) is 17.1. The monoisotopic (exact) mass is 571 g/mol. The molecule has 0 aromatic heterocycles. The molecule has 0 aliphatic heterocycles. The Labute approximate surface area is 221 Å². The summed E-state index contributed by atoms with van der Waals surface area (Å²) < 4.78 is 29.6. The number of nitrogens with zero attached hydrogens (tertiary/aromatic N) is 2. The van der Waals surface area contributed by atoms with Gasteiger partial charge in [0.05, 0.1) is 10.6 Å². The normalized spacial score (nSPS) is 12.0. The second-order valence-corrected chi connectivity index (χ2v) is 11.3. The lowest BCUT2D eigenvalue weighted by molar-refractivity contribution is -0.139. The molecule has 0 fully saturated rings. The van der Waals surface area contributed by atoms with Crippen molar-refractivity contribution in [2.24, 2.45) is 0 Å². The third kappa shape index (κ3) is 6.14. The van der Waals surface area contributed by atoms with Crippen LogP contribution in [0.25, 0.3) is 0 Å². The van der Waals surface area contributed by atoms with Gasteiger partial charge in [-0.1, -0.05) is 58.4 Å². The molecule has 0 saturated heterocycles. The number of hydrogen-bond donors (Lipinski definition) is 1. The second-order valence-electron chi connectivity index (χ2n) is 8.48. The summed E-state index contributed by atoms with van der Waals surface area (Å²) in [6, 6.07) is 20.0. The molecule has 1 atom stereocenters. The number of likely N-dealkylation sites (N-methyl/N-ethyl adjacent to an activating group) is 1. The number of carbonyl (C=O) groups is 2. The van der Waals surface area contributed by atoms with Gasteiger partial charge >= 0.3 is 0 Å². The quantitative estimate of drug-likeness (QED) is 0.411. The van der Waals surface area contributed by atoms with E-state index in [0.717, 1.165) is 25.5 Å². The van der Waals surface area contributed by atoms with Gasteiger partial charge in [0.15, 0.2) is 0 Å². The van der Waals surface area contributed by atoms with Crippen molar-refractivity contribution >= 4 is 43.5 Å². The minimum atomic E-state index is -4.07. The average molecular weight is 573 g/mol. The molecular weight excluding hydrogens is 542 g/mol. The summed E-state index contributed by atoms with van der Waals surface area (Å²) in [6.45, 7) is 5.03. The maximum absolute atomic E-state index is 13.8. The summed E-state index contributed by atoms with van der Waals surface area (Å²) in [5.74, 6) is -0.834. The van der Waals surface area contributed by atoms with E-state index in [-0.39, 0.29) is 17.3 Å². The highest BCUT2D eigenvalue weighted by Gasteiger charge is 2.33. The Bertz CT molecular complexity index is 1330. The summed E-state index contributed by atoms with van der Waals surface area (Å²) in [7, 11) is -2.57. The van der Waals surface area contributed by atoms with E-state index in [1.54, 1.807) is 37.3 Å². The van der Waals surface area contributed by atoms with Crippen molar-refractivity contribution in [1.82, 2.24) is 10.2 Å². The van der Waals surface area contributed by atoms with Crippen LogP contribution >= 0.6 is 15.9 Å². The molecule has 0 aliphatic carbocycles. The number of rotatable bonds is 9. The van der Waals surface area contributed by atoms with Crippen molar-refractivity contribution in [1.29, 1.82) is 0 Å². The Balaban J connectivity index is 2.06. The van der Waals surface area contributed by atoms with E-state index in [1.807, 2.05) is 44.2 Å². The Morgan fingerprint density at radius 1 is 0.944 bits per heavy atom. The molecule has 0 bridgehead atoms. The van der Waals surface area contributed by atoms with E-state index in [0.29, 0.717) is 5.69 Å². The molecule has 190 valence electrons. The lowest BCUT2D eigenvalue weighted by atomic mass is 10.1. The van der Waals surface area contributed by atoms with Crippen LogP contribution in [0.2, 0.25) is 0 Å². The van der Waals surface area contributed by atoms with Crippen molar-refractivity contribution in [2.45, 2.75) is 38.3 Å². The van der Waals surface area contributed by atoms with Crippen molar-refractivity contribution < 1.29 is 18.0 Å². The average Bonchev–Trinajstić information content (AvgIpc) is 2.88. The molecule has 2 amide bonds. The molecule has 0 saturated carbocycles. The van der Waals surface area contributed by atoms with Gasteiger partial charge in [0, 0.05) is 18.1 Å². The molecule has 0 heterocycles. The zero-order valence-corrected chi connectivity index (χ0v) is 23.1. The third-order valence-corrected chi connectivity index (χ3v) is 8.44. The highest BCUT2D eigenvalue weighted by atomic mass is 79.9. The number of hydrogen-bond acceptors (Lipinski definition) is 4. The van der Waals surface area contributed by atoms with Gasteiger partial charge in [0.1, 0.15) is 12.6 Å². The van der Waals surface area contributed by atoms with Crippen molar-refractivity contribution in [2.75, 3.05) is 17.9 Å². The van der Waals surface area contributed by atoms with Crippen molar-refractivity contribution in [3.05, 3.63) is 94.0 Å². The largest absolute Gasteiger partial charge is 0.357 e. The van der Waals surface area contributed by atoms with Gasteiger partial charge in [-0.2, -0.15) is 0 Å². The van der Waals surface area contributed by atoms with Crippen LogP contribution in [0, 0.1) is 13.8 Å². The van der Waals surface area contributed by atoms with Gasteiger partial charge in [0.2, 0.25) is 11.8 Å². The third-order valence-electron chi connectivity index (χ3n) is 6.13. The highest BCUT2D eigenvalue weighted by Crippen LogP contribution is 2.29. The van der Waals surface area contributed by atoms with Crippen LogP contribution in [0.5, 0.6) is 0 Å². The first-order valence-corrected chi connectivity index (χ1v) is 13.7. The molecule has 1 N–H and O–H groups in total. The van der Waals surface area contributed by atoms with Crippen LogP contribution < -0.4 is 9.62 Å². The van der Waals surface area contributed by atoms with E-state index in [9.17, 15) is 18.0 Å². The van der Waals surface area contributed by atoms with Gasteiger partial charge in [-0.05, 0) is 67.8 Å². The molecule has 3 rings (SSSR count). The molecule has 0 spiro atoms. The van der Waals surface area contributed by atoms with E-state index < -0.39 is 28.5 Å². The number of anilines is 1. The smallest absolute Gasteiger partial charge is 0.264 e. The van der Waals surface area contributed by atoms with E-state index in [4.69, 9.17) is 0 Å². The summed E-state index contributed by atoms with van der Waals surface area (Å²) in [5.41, 5.74) is 2.89. The van der Waals surface area contributed by atoms with E-state index >= 15 is 0 Å². The fraction of sp³-hybridized carbons (Fsp3) is 0.259. The fourth-order valence-electron chi connectivity index (χ4n) is 3.82. The number of sulfonamides is 1. The number of benzene rings is 3. The van der Waals surface area contributed by atoms with Crippen molar-refractivity contribution in [3.63, 3.8) is 0 Å². The van der Waals surface area contributed by atoms with Gasteiger partial charge in [-0.3, -0.25) is 13.9 Å². The summed E-state index contributed by atoms with van der Waals surface area (Å²) in [5, 5.41) is 2.58. The number of aryl methyl sites for hydroxylation is 1. The maximum atomic E-state index is 13.8. The maximum Gasteiger partial charge on any atom is 0.264 e. The Hall–Kier alpha value is -3.17. The first kappa shape index (κ1) is 27.4. The standard InChI is InChI=1S/C27H30BrN3O4S/c1-19-9-8-12-25(20(19)2)31(36(34,35)24-10-6-5-7-11-24)18-26(32)30(21(3)27(33)29-4)17-22-13-15-23(28)16-14-22/h5-16,21H,17-18H2,1-4H3,(H,29,33)/t21-/m1/s1. The predicted molar refractivity (Wildman–Crippen MR) is 145 cm³/mol. The van der Waals surface area contributed by atoms with E-state index in [1.165, 1.54) is 24.1 Å². The highest BCUT2D eigenvalue weighted by molar-refractivity contribution is 9.10. The van der Waals surface area contributed by atoms with Gasteiger partial charge in [-0.15, -0.1) is 0 Å². The SMILES string of the molecule is CNC(=O)[C@@H](C)N(Cc1ccc(Br)cc1)C(=O)CN(c1cccc(C)c1C)S(=O)(=O)c1ccccc1. The molecule has 0 radical (unpaired) electrons. The van der Waals surface area contributed by atoms with E-state index in [2.05, 4.69) is 21.2 Å². The molecule has 7 nitrogen and oxygen atoms in total. The number of nitrogens with one attached hydrogen (secondary N) is 1. The van der Waals surface area contributed by atoms with Gasteiger partial charge in [-0.25, -0.2) is 8.42 Å². The molecule has 0 aliphatic rings. The Morgan fingerprint density at radius 2 is 1.58 bits per heavy atom. The van der Waals surface area contributed by atoms with Gasteiger partial charge in [0.25, 0.3) is 10.0 Å². The number of amides is 2. The van der Waals surface area contributed by atoms with Crippen molar-refractivity contribution in [3.8, 4) is 0 Å². The minimum absolute atomic E-state index is 0.0810. The summed E-state index contributed by atoms with van der Waals surface area (Å²) in [6.07, 6.45) is 0. The molecule has 0 unspecified atom stereocenters. The number of halogens is 1.